The van der Waals surface area contributed by atoms with Crippen molar-refractivity contribution >= 4 is 94.8 Å². The van der Waals surface area contributed by atoms with Crippen LogP contribution in [-0.2, 0) is 37.9 Å². The third-order valence-electron chi connectivity index (χ3n) is 8.73. The number of nitrogens with one attached hydrogen (secondary N) is 2. The highest BCUT2D eigenvalue weighted by Crippen LogP contribution is 2.52. The van der Waals surface area contributed by atoms with E-state index in [0.717, 1.165) is 6.07 Å². The molecule has 0 bridgehead atoms. The van der Waals surface area contributed by atoms with Crippen LogP contribution in [0.1, 0.15) is 48.5 Å². The van der Waals surface area contributed by atoms with Crippen LogP contribution in [0.5, 0.6) is 0 Å². The summed E-state index contributed by atoms with van der Waals surface area (Å²) in [5.41, 5.74) is 5.38. The average molecular weight is 797 g/mol. The van der Waals surface area contributed by atoms with Gasteiger partial charge in [0, 0.05) is 27.3 Å². The lowest BCUT2D eigenvalue weighted by Crippen LogP contribution is -2.35. The monoisotopic (exact) mass is 796 g/mol. The number of carbonyl (C=O) groups is 2. The van der Waals surface area contributed by atoms with Gasteiger partial charge >= 0.3 is 0 Å². The van der Waals surface area contributed by atoms with Gasteiger partial charge in [0.1, 0.15) is 9.79 Å². The minimum absolute atomic E-state index is 0.0109. The van der Waals surface area contributed by atoms with Gasteiger partial charge in [-0.2, -0.15) is 31.8 Å². The van der Waals surface area contributed by atoms with Crippen LogP contribution in [0, 0.1) is 13.8 Å². The van der Waals surface area contributed by atoms with Crippen molar-refractivity contribution in [3.05, 3.63) is 98.8 Å². The number of hydrogen-bond donors (Lipinski definition) is 5. The van der Waals surface area contributed by atoms with Gasteiger partial charge in [-0.25, -0.2) is 0 Å². The normalized spacial score (nSPS) is 14.2. The second kappa shape index (κ2) is 12.7. The summed E-state index contributed by atoms with van der Waals surface area (Å²) >= 11 is 3.66. The molecule has 1 aliphatic heterocycles. The summed E-state index contributed by atoms with van der Waals surface area (Å²) in [6.07, 6.45) is 0. The van der Waals surface area contributed by atoms with Crippen LogP contribution in [-0.4, -0.2) is 61.2 Å². The number of fused-ring (bicyclic) bond motifs is 3. The predicted octanol–water partition coefficient (Wildman–Crippen LogP) is 4.37. The number of carbonyl (C=O) groups excluding carboxylic acids is 2. The molecule has 0 radical (unpaired) electrons. The molecule has 1 aromatic heterocycles. The average Bonchev–Trinajstić information content (AvgIpc) is 3.05. The Morgan fingerprint density at radius 3 is 2.09 bits per heavy atom. The second-order valence-corrected chi connectivity index (χ2v) is 15.9. The summed E-state index contributed by atoms with van der Waals surface area (Å²) in [4.78, 5) is 40.0. The van der Waals surface area contributed by atoms with Crippen molar-refractivity contribution in [3.8, 4) is 0 Å². The first-order chi connectivity index (χ1) is 24.9. The van der Waals surface area contributed by atoms with Crippen molar-refractivity contribution in [3.63, 3.8) is 0 Å². The van der Waals surface area contributed by atoms with Gasteiger partial charge in [0.25, 0.3) is 20.2 Å². The first-order valence-corrected chi connectivity index (χ1v) is 19.4. The van der Waals surface area contributed by atoms with Gasteiger partial charge < -0.3 is 25.8 Å². The molecular formula is C32H23ClN7O10S3-. The van der Waals surface area contributed by atoms with E-state index in [1.807, 2.05) is 0 Å². The molecule has 2 heterocycles. The topological polar surface area (TPSA) is 275 Å². The molecule has 0 spiro atoms. The fourth-order valence-electron chi connectivity index (χ4n) is 6.55. The molecule has 1 unspecified atom stereocenters. The third kappa shape index (κ3) is 6.08. The molecule has 0 fully saturated rings. The van der Waals surface area contributed by atoms with Gasteiger partial charge in [-0.1, -0.05) is 30.3 Å². The molecule has 6 N–H and O–H groups in total. The Kier molecular flexibility index (Phi) is 8.60. The number of hydrogen-bond acceptors (Lipinski definition) is 15. The highest BCUT2D eigenvalue weighted by atomic mass is 35.5. The lowest BCUT2D eigenvalue weighted by molar-refractivity contribution is 0.0980. The van der Waals surface area contributed by atoms with Crippen molar-refractivity contribution < 1.29 is 44.3 Å². The first-order valence-electron chi connectivity index (χ1n) is 15.0. The number of halogens is 1. The summed E-state index contributed by atoms with van der Waals surface area (Å²) in [6.45, 7) is 2.66. The van der Waals surface area contributed by atoms with E-state index in [-0.39, 0.29) is 79.2 Å². The fraction of sp³-hybridized carbons (Fsp3) is 0.0938. The minimum Gasteiger partial charge on any atom is -0.768 e. The van der Waals surface area contributed by atoms with Gasteiger partial charge in [-0.3, -0.25) is 22.9 Å². The summed E-state index contributed by atoms with van der Waals surface area (Å²) in [5, 5.41) is 5.39. The molecule has 7 rings (SSSR count). The summed E-state index contributed by atoms with van der Waals surface area (Å²) in [7, 11) is -10.0. The number of nitrogens with two attached hydrogens (primary N) is 1. The van der Waals surface area contributed by atoms with E-state index in [1.165, 1.54) is 54.3 Å². The van der Waals surface area contributed by atoms with Crippen molar-refractivity contribution in [2.24, 2.45) is 0 Å². The Labute approximate surface area is 308 Å². The first kappa shape index (κ1) is 36.0. The quantitative estimate of drug-likeness (QED) is 0.0812. The van der Waals surface area contributed by atoms with Gasteiger partial charge in [0.2, 0.25) is 17.2 Å². The number of benzene rings is 4. The van der Waals surface area contributed by atoms with Gasteiger partial charge in [0.05, 0.1) is 40.4 Å². The molecule has 5 aromatic rings. The van der Waals surface area contributed by atoms with Crippen LogP contribution >= 0.6 is 11.6 Å². The standard InChI is InChI=1S/C32H24ClN7O10S3/c1-13-25(36-32-38-30(33)37-31(39-32)35-15-6-5-7-16(10-15)51(43)44)14(2)29(53(48,49)50)19-12-40(26(13)19)20-11-21(52(45,46)47)24(34)23-22(20)27(41)17-8-3-4-9-18(17)28(23)42/h3-11H,12,34H2,1-2H3,(H,43,44)(H,45,46,47)(H,48,49,50)(H2,35,36,37,38,39)/p-1. The largest absolute Gasteiger partial charge is 0.768 e. The van der Waals surface area contributed by atoms with Gasteiger partial charge in [-0.15, -0.1) is 0 Å². The number of nitrogen functional groups attached to an aromatic ring is 1. The molecule has 1 aliphatic carbocycles. The zero-order valence-corrected chi connectivity index (χ0v) is 30.2. The van der Waals surface area contributed by atoms with Crippen LogP contribution in [0.4, 0.5) is 40.3 Å². The minimum atomic E-state index is -5.07. The van der Waals surface area contributed by atoms with Crippen molar-refractivity contribution in [1.82, 2.24) is 15.0 Å². The van der Waals surface area contributed by atoms with Gasteiger partial charge in [-0.05, 0) is 71.9 Å². The van der Waals surface area contributed by atoms with Crippen LogP contribution in [0.2, 0.25) is 5.28 Å². The maximum absolute atomic E-state index is 14.0. The zero-order chi connectivity index (χ0) is 38.3. The number of aromatic nitrogens is 3. The van der Waals surface area contributed by atoms with Crippen LogP contribution < -0.4 is 21.3 Å². The van der Waals surface area contributed by atoms with E-state index in [2.05, 4.69) is 25.6 Å². The Hall–Kier alpha value is -5.35. The van der Waals surface area contributed by atoms with E-state index < -0.39 is 63.9 Å². The molecule has 21 heteroatoms. The Balaban J connectivity index is 1.39. The zero-order valence-electron chi connectivity index (χ0n) is 27.0. The van der Waals surface area contributed by atoms with Crippen molar-refractivity contribution in [2.75, 3.05) is 21.3 Å². The van der Waals surface area contributed by atoms with E-state index in [0.29, 0.717) is 5.56 Å². The highest BCUT2D eigenvalue weighted by molar-refractivity contribution is 7.86. The number of ketones is 2. The second-order valence-electron chi connectivity index (χ2n) is 11.8. The Morgan fingerprint density at radius 1 is 0.868 bits per heavy atom. The van der Waals surface area contributed by atoms with Crippen molar-refractivity contribution in [2.45, 2.75) is 35.1 Å². The number of anilines is 7. The Bertz CT molecular complexity index is 2750. The molecule has 53 heavy (non-hydrogen) atoms. The lowest BCUT2D eigenvalue weighted by atomic mass is 9.81. The van der Waals surface area contributed by atoms with Gasteiger partial charge in [0.15, 0.2) is 11.6 Å². The maximum atomic E-state index is 14.0. The van der Waals surface area contributed by atoms with Crippen molar-refractivity contribution in [1.29, 1.82) is 0 Å². The molecule has 2 aliphatic rings. The predicted molar refractivity (Wildman–Crippen MR) is 191 cm³/mol. The van der Waals surface area contributed by atoms with E-state index in [4.69, 9.17) is 17.3 Å². The maximum Gasteiger partial charge on any atom is 0.296 e. The smallest absolute Gasteiger partial charge is 0.296 e. The van der Waals surface area contributed by atoms with E-state index >= 15 is 0 Å². The molecule has 272 valence electrons. The SMILES string of the molecule is Cc1c(Nc2nc(Cl)nc(Nc3cccc(S(=O)[O-])c3)n2)c(C)c(S(=O)(=O)O)c2c1N(c1cc(S(=O)(=O)O)c(N)c3c1C(=O)c1ccccc1C3=O)C2. The van der Waals surface area contributed by atoms with E-state index in [1.54, 1.807) is 13.0 Å². The molecule has 1 atom stereocenters. The summed E-state index contributed by atoms with van der Waals surface area (Å²) < 4.78 is 94.2. The lowest BCUT2D eigenvalue weighted by Gasteiger charge is -2.42. The van der Waals surface area contributed by atoms with Crippen LogP contribution in [0.25, 0.3) is 0 Å². The highest BCUT2D eigenvalue weighted by Gasteiger charge is 2.42. The molecule has 4 aromatic carbocycles. The fourth-order valence-corrected chi connectivity index (χ4v) is 8.73. The summed E-state index contributed by atoms with van der Waals surface area (Å²) in [6, 6.07) is 12.5. The van der Waals surface area contributed by atoms with E-state index in [9.17, 15) is 44.3 Å². The molecule has 17 nitrogen and oxygen atoms in total. The molecule has 0 amide bonds. The Morgan fingerprint density at radius 2 is 1.49 bits per heavy atom. The number of rotatable bonds is 8. The van der Waals surface area contributed by atoms with Crippen LogP contribution in [0.15, 0.2) is 69.3 Å². The molecular weight excluding hydrogens is 774 g/mol. The molecule has 0 saturated carbocycles. The molecule has 0 saturated heterocycles. The van der Waals surface area contributed by atoms with Crippen LogP contribution in [0.3, 0.4) is 0 Å². The number of nitrogens with zero attached hydrogens (tertiary/aromatic N) is 4. The third-order valence-corrected chi connectivity index (χ3v) is 11.5. The summed E-state index contributed by atoms with van der Waals surface area (Å²) in [5.74, 6) is -1.81.